The molecule has 3 aliphatic heterocycles. The Balaban J connectivity index is 1.52. The molecule has 0 aliphatic carbocycles. The van der Waals surface area contributed by atoms with Crippen LogP contribution in [-0.2, 0) is 40.9 Å². The summed E-state index contributed by atoms with van der Waals surface area (Å²) in [6, 6.07) is 2.29. The molecule has 53 heavy (non-hydrogen) atoms. The number of carbonyl (C=O) groups is 1. The van der Waals surface area contributed by atoms with E-state index in [1.165, 1.54) is 19.1 Å². The number of ether oxygens (including phenoxy) is 5. The van der Waals surface area contributed by atoms with Crippen LogP contribution in [0.25, 0.3) is 0 Å². The first-order valence-corrected chi connectivity index (χ1v) is 18.2. The third kappa shape index (κ3) is 9.85. The minimum Gasteiger partial charge on any atom is -0.508 e. The Kier molecular flexibility index (Phi) is 15.4. The van der Waals surface area contributed by atoms with Gasteiger partial charge in [-0.1, -0.05) is 57.6 Å². The van der Waals surface area contributed by atoms with E-state index < -0.39 is 91.9 Å². The van der Waals surface area contributed by atoms with E-state index in [2.05, 4.69) is 26.0 Å². The molecule has 0 aromatic heterocycles. The first-order valence-electron chi connectivity index (χ1n) is 18.2. The summed E-state index contributed by atoms with van der Waals surface area (Å²) < 4.78 is 29.1. The number of esters is 1. The monoisotopic (exact) mass is 752 g/mol. The number of fused-ring (bicyclic) bond motifs is 2. The highest BCUT2D eigenvalue weighted by Gasteiger charge is 2.63. The van der Waals surface area contributed by atoms with Gasteiger partial charge in [0.05, 0.1) is 31.5 Å². The zero-order valence-corrected chi connectivity index (χ0v) is 30.6. The van der Waals surface area contributed by atoms with Crippen LogP contribution < -0.4 is 0 Å². The second-order valence-corrected chi connectivity index (χ2v) is 14.2. The average Bonchev–Trinajstić information content (AvgIpc) is 3.50. The summed E-state index contributed by atoms with van der Waals surface area (Å²) in [7, 11) is 0. The molecule has 4 rings (SSSR count). The van der Waals surface area contributed by atoms with Crippen molar-refractivity contribution in [2.45, 2.75) is 133 Å². The molecule has 2 fully saturated rings. The highest BCUT2D eigenvalue weighted by Crippen LogP contribution is 2.51. The van der Waals surface area contributed by atoms with Gasteiger partial charge in [-0.3, -0.25) is 0 Å². The summed E-state index contributed by atoms with van der Waals surface area (Å²) in [5.74, 6) is -3.37. The normalized spacial score (nSPS) is 33.7. The van der Waals surface area contributed by atoms with Gasteiger partial charge in [0.1, 0.15) is 48.1 Å². The van der Waals surface area contributed by atoms with Gasteiger partial charge in [-0.05, 0) is 56.1 Å². The second kappa shape index (κ2) is 19.1. The fraction of sp³-hybridized carbons (Fsp3) is 0.658. The number of aromatic hydroxyl groups is 2. The van der Waals surface area contributed by atoms with Gasteiger partial charge in [-0.15, -0.1) is 0 Å². The van der Waals surface area contributed by atoms with Crippen molar-refractivity contribution in [2.75, 3.05) is 13.2 Å². The highest BCUT2D eigenvalue weighted by atomic mass is 16.8. The molecule has 3 heterocycles. The molecule has 0 bridgehead atoms. The Hall–Kier alpha value is -2.93. The molecular formula is C38H56O15. The second-order valence-electron chi connectivity index (χ2n) is 14.2. The van der Waals surface area contributed by atoms with Crippen molar-refractivity contribution in [3.8, 4) is 11.5 Å². The predicted octanol–water partition coefficient (Wildman–Crippen LogP) is 1.29. The summed E-state index contributed by atoms with van der Waals surface area (Å²) in [5.41, 5.74) is 0.226. The molecular weight excluding hydrogens is 696 g/mol. The summed E-state index contributed by atoms with van der Waals surface area (Å²) in [6.07, 6.45) is -2.66. The van der Waals surface area contributed by atoms with E-state index >= 15 is 0 Å². The Morgan fingerprint density at radius 1 is 1.02 bits per heavy atom. The lowest BCUT2D eigenvalue weighted by molar-refractivity contribution is -0.395. The standard InChI is InChI=1S/C38H56O15/c1-5-20(2)11-7-6-8-12-21(3)25(42)14-10-9-13-22(4)36(48)51-34-33(52-37-32(46)31(45)30(44)27(17-39)50-37)28(18-40)53-38(35(34)47)29-23(19-49-38)15-24(41)16-26(29)43/h7,9-11,13,15-16,20-21,25,27-28,30-35,37,39-47H,5-6,8,12,14,17-19H2,1-4H3/b10-9+,11-7+,22-13+. The fourth-order valence-corrected chi connectivity index (χ4v) is 6.67. The van der Waals surface area contributed by atoms with E-state index in [0.717, 1.165) is 31.7 Å². The molecule has 298 valence electrons. The van der Waals surface area contributed by atoms with E-state index in [1.807, 2.05) is 6.92 Å². The number of aliphatic hydroxyl groups excluding tert-OH is 7. The van der Waals surface area contributed by atoms with Gasteiger partial charge in [-0.2, -0.15) is 0 Å². The van der Waals surface area contributed by atoms with Crippen LogP contribution in [0.15, 0.2) is 48.1 Å². The van der Waals surface area contributed by atoms with Crippen LogP contribution in [0.4, 0.5) is 0 Å². The molecule has 0 radical (unpaired) electrons. The van der Waals surface area contributed by atoms with Crippen LogP contribution in [-0.4, -0.2) is 126 Å². The van der Waals surface area contributed by atoms with E-state index in [4.69, 9.17) is 23.7 Å². The number of rotatable bonds is 16. The molecule has 15 nitrogen and oxygen atoms in total. The van der Waals surface area contributed by atoms with E-state index in [9.17, 15) is 50.8 Å². The van der Waals surface area contributed by atoms with Crippen molar-refractivity contribution in [3.05, 3.63) is 59.2 Å². The van der Waals surface area contributed by atoms with Crippen molar-refractivity contribution in [3.63, 3.8) is 0 Å². The minimum atomic E-state index is -2.23. The largest absolute Gasteiger partial charge is 0.508 e. The number of unbranched alkanes of at least 4 members (excludes halogenated alkanes) is 1. The smallest absolute Gasteiger partial charge is 0.334 e. The van der Waals surface area contributed by atoms with Crippen LogP contribution in [0.1, 0.15) is 70.9 Å². The number of phenolic OH excluding ortho intramolecular Hbond substituents is 2. The van der Waals surface area contributed by atoms with E-state index in [-0.39, 0.29) is 35.0 Å². The van der Waals surface area contributed by atoms with Gasteiger partial charge in [0, 0.05) is 11.6 Å². The maximum Gasteiger partial charge on any atom is 0.334 e. The van der Waals surface area contributed by atoms with E-state index in [0.29, 0.717) is 12.3 Å². The summed E-state index contributed by atoms with van der Waals surface area (Å²) in [5, 5.41) is 94.8. The SMILES string of the molecule is CCC(C)/C=C/CCCC(C)C(O)C/C=C/C=C(\C)C(=O)OC1C(OC2OC(CO)C(O)C(O)C2O)C(CO)OC2(OCc3cc(O)cc(O)c32)C1O. The molecule has 1 aromatic carbocycles. The van der Waals surface area contributed by atoms with Gasteiger partial charge in [0.15, 0.2) is 18.5 Å². The Morgan fingerprint density at radius 2 is 1.74 bits per heavy atom. The lowest BCUT2D eigenvalue weighted by atomic mass is 9.86. The molecule has 2 saturated heterocycles. The van der Waals surface area contributed by atoms with E-state index in [1.54, 1.807) is 12.2 Å². The fourth-order valence-electron chi connectivity index (χ4n) is 6.67. The number of phenols is 2. The molecule has 9 N–H and O–H groups in total. The average molecular weight is 753 g/mol. The Morgan fingerprint density at radius 3 is 2.42 bits per heavy atom. The Labute approximate surface area is 309 Å². The molecule has 3 aliphatic rings. The molecule has 13 atom stereocenters. The summed E-state index contributed by atoms with van der Waals surface area (Å²) in [4.78, 5) is 13.5. The molecule has 0 saturated carbocycles. The first-order chi connectivity index (χ1) is 25.2. The van der Waals surface area contributed by atoms with Crippen LogP contribution >= 0.6 is 0 Å². The predicted molar refractivity (Wildman–Crippen MR) is 188 cm³/mol. The zero-order chi connectivity index (χ0) is 39.0. The number of benzene rings is 1. The first kappa shape index (κ1) is 42.8. The van der Waals surface area contributed by atoms with Crippen molar-refractivity contribution >= 4 is 5.97 Å². The molecule has 15 heteroatoms. The van der Waals surface area contributed by atoms with Crippen molar-refractivity contribution in [1.29, 1.82) is 0 Å². The van der Waals surface area contributed by atoms with Crippen molar-refractivity contribution in [2.24, 2.45) is 11.8 Å². The number of carbonyl (C=O) groups excluding carboxylic acids is 1. The third-order valence-electron chi connectivity index (χ3n) is 10.2. The summed E-state index contributed by atoms with van der Waals surface area (Å²) >= 11 is 0. The van der Waals surface area contributed by atoms with Gasteiger partial charge in [0.2, 0.25) is 5.79 Å². The van der Waals surface area contributed by atoms with Crippen molar-refractivity contribution < 1.29 is 74.4 Å². The number of aliphatic hydroxyl groups is 7. The minimum absolute atomic E-state index is 0.0560. The molecule has 1 aromatic rings. The van der Waals surface area contributed by atoms with Crippen LogP contribution in [0.2, 0.25) is 0 Å². The lowest BCUT2D eigenvalue weighted by Crippen LogP contribution is -2.67. The number of hydrogen-bond donors (Lipinski definition) is 9. The van der Waals surface area contributed by atoms with Crippen molar-refractivity contribution in [1.82, 2.24) is 0 Å². The van der Waals surface area contributed by atoms with Crippen LogP contribution in [0.5, 0.6) is 11.5 Å². The summed E-state index contributed by atoms with van der Waals surface area (Å²) in [6.45, 7) is 5.90. The zero-order valence-electron chi connectivity index (χ0n) is 30.6. The van der Waals surface area contributed by atoms with Gasteiger partial charge in [0.25, 0.3) is 0 Å². The highest BCUT2D eigenvalue weighted by molar-refractivity contribution is 5.88. The Bertz CT molecular complexity index is 1440. The number of allylic oxidation sites excluding steroid dienone is 4. The maximum absolute atomic E-state index is 13.5. The lowest BCUT2D eigenvalue weighted by Gasteiger charge is -2.50. The van der Waals surface area contributed by atoms with Gasteiger partial charge in [-0.25, -0.2) is 4.79 Å². The molecule has 0 amide bonds. The third-order valence-corrected chi connectivity index (χ3v) is 10.2. The number of hydrogen-bond acceptors (Lipinski definition) is 15. The maximum atomic E-state index is 13.5. The van der Waals surface area contributed by atoms with Gasteiger partial charge >= 0.3 is 5.97 Å². The molecule has 1 spiro atoms. The van der Waals surface area contributed by atoms with Crippen LogP contribution in [0.3, 0.4) is 0 Å². The topological polar surface area (TPSA) is 245 Å². The van der Waals surface area contributed by atoms with Gasteiger partial charge < -0.3 is 69.6 Å². The molecule has 13 unspecified atom stereocenters. The quantitative estimate of drug-likeness (QED) is 0.0380. The van der Waals surface area contributed by atoms with Crippen LogP contribution in [0, 0.1) is 11.8 Å².